The van der Waals surface area contributed by atoms with Gasteiger partial charge in [0, 0.05) is 19.6 Å². The van der Waals surface area contributed by atoms with Crippen LogP contribution in [0.5, 0.6) is 0 Å². The Morgan fingerprint density at radius 3 is 2.83 bits per heavy atom. The standard InChI is InChI=1S/C7H13FN2O2/c1-9-2-3-10(7(11)12)6(4-8)5-9/h6H,2-5H2,1H3,(H,11,12). The molecule has 0 aliphatic carbocycles. The minimum atomic E-state index is -1.02. The van der Waals surface area contributed by atoms with Crippen LogP contribution >= 0.6 is 0 Å². The Balaban J connectivity index is 2.56. The van der Waals surface area contributed by atoms with Gasteiger partial charge in [-0.15, -0.1) is 0 Å². The van der Waals surface area contributed by atoms with E-state index in [4.69, 9.17) is 5.11 Å². The molecule has 1 aliphatic heterocycles. The van der Waals surface area contributed by atoms with Crippen LogP contribution in [0.3, 0.4) is 0 Å². The molecule has 0 bridgehead atoms. The Hall–Kier alpha value is -0.840. The van der Waals surface area contributed by atoms with Gasteiger partial charge >= 0.3 is 6.09 Å². The molecular formula is C7H13FN2O2. The maximum Gasteiger partial charge on any atom is 0.407 e. The Morgan fingerprint density at radius 1 is 1.67 bits per heavy atom. The largest absolute Gasteiger partial charge is 0.465 e. The highest BCUT2D eigenvalue weighted by atomic mass is 19.1. The van der Waals surface area contributed by atoms with Gasteiger partial charge in [-0.1, -0.05) is 0 Å². The van der Waals surface area contributed by atoms with E-state index in [2.05, 4.69) is 0 Å². The fourth-order valence-electron chi connectivity index (χ4n) is 1.39. The van der Waals surface area contributed by atoms with E-state index < -0.39 is 18.8 Å². The normalized spacial score (nSPS) is 25.8. The molecule has 0 radical (unpaired) electrons. The van der Waals surface area contributed by atoms with Crippen molar-refractivity contribution in [2.45, 2.75) is 6.04 Å². The number of likely N-dealkylation sites (N-methyl/N-ethyl adjacent to an activating group) is 1. The van der Waals surface area contributed by atoms with E-state index in [9.17, 15) is 9.18 Å². The third-order valence-electron chi connectivity index (χ3n) is 2.11. The maximum absolute atomic E-state index is 12.3. The summed E-state index contributed by atoms with van der Waals surface area (Å²) in [4.78, 5) is 13.7. The van der Waals surface area contributed by atoms with E-state index in [0.717, 1.165) is 0 Å². The molecular weight excluding hydrogens is 163 g/mol. The quantitative estimate of drug-likeness (QED) is 0.622. The van der Waals surface area contributed by atoms with Crippen molar-refractivity contribution < 1.29 is 14.3 Å². The first-order chi connectivity index (χ1) is 5.65. The molecule has 0 aromatic rings. The van der Waals surface area contributed by atoms with Gasteiger partial charge in [-0.3, -0.25) is 0 Å². The number of halogens is 1. The molecule has 1 saturated heterocycles. The van der Waals surface area contributed by atoms with Gasteiger partial charge in [0.2, 0.25) is 0 Å². The summed E-state index contributed by atoms with van der Waals surface area (Å²) in [7, 11) is 1.86. The van der Waals surface area contributed by atoms with Gasteiger partial charge in [0.25, 0.3) is 0 Å². The van der Waals surface area contributed by atoms with Crippen molar-refractivity contribution in [3.63, 3.8) is 0 Å². The van der Waals surface area contributed by atoms with Crippen molar-refractivity contribution in [3.05, 3.63) is 0 Å². The predicted octanol–water partition coefficient (Wildman–Crippen LogP) is 0.250. The lowest BCUT2D eigenvalue weighted by molar-refractivity contribution is 0.0670. The highest BCUT2D eigenvalue weighted by Crippen LogP contribution is 2.08. The average Bonchev–Trinajstić information content (AvgIpc) is 2.03. The van der Waals surface area contributed by atoms with Gasteiger partial charge in [-0.2, -0.15) is 0 Å². The summed E-state index contributed by atoms with van der Waals surface area (Å²) in [5, 5.41) is 8.67. The van der Waals surface area contributed by atoms with E-state index in [0.29, 0.717) is 19.6 Å². The van der Waals surface area contributed by atoms with Crippen LogP contribution in [-0.4, -0.2) is 60.4 Å². The summed E-state index contributed by atoms with van der Waals surface area (Å²) < 4.78 is 12.3. The van der Waals surface area contributed by atoms with Crippen LogP contribution in [0.2, 0.25) is 0 Å². The fraction of sp³-hybridized carbons (Fsp3) is 0.857. The molecule has 1 rings (SSSR count). The fourth-order valence-corrected chi connectivity index (χ4v) is 1.39. The van der Waals surface area contributed by atoms with Crippen molar-refractivity contribution in [1.29, 1.82) is 0 Å². The molecule has 0 saturated carbocycles. The van der Waals surface area contributed by atoms with Gasteiger partial charge in [-0.25, -0.2) is 9.18 Å². The van der Waals surface area contributed by atoms with Crippen molar-refractivity contribution in [2.24, 2.45) is 0 Å². The zero-order chi connectivity index (χ0) is 9.14. The van der Waals surface area contributed by atoms with Gasteiger partial charge < -0.3 is 14.9 Å². The van der Waals surface area contributed by atoms with Crippen molar-refractivity contribution in [2.75, 3.05) is 33.4 Å². The van der Waals surface area contributed by atoms with Crippen molar-refractivity contribution >= 4 is 6.09 Å². The second-order valence-corrected chi connectivity index (χ2v) is 3.05. The second-order valence-electron chi connectivity index (χ2n) is 3.05. The summed E-state index contributed by atoms with van der Waals surface area (Å²) in [5.41, 5.74) is 0. The Morgan fingerprint density at radius 2 is 2.33 bits per heavy atom. The molecule has 5 heteroatoms. The molecule has 1 N–H and O–H groups in total. The minimum absolute atomic E-state index is 0.403. The van der Waals surface area contributed by atoms with Crippen LogP contribution in [0.25, 0.3) is 0 Å². The number of rotatable bonds is 1. The van der Waals surface area contributed by atoms with E-state index in [1.165, 1.54) is 4.90 Å². The minimum Gasteiger partial charge on any atom is -0.465 e. The van der Waals surface area contributed by atoms with Crippen molar-refractivity contribution in [3.8, 4) is 0 Å². The summed E-state index contributed by atoms with van der Waals surface area (Å²) >= 11 is 0. The first-order valence-corrected chi connectivity index (χ1v) is 3.89. The van der Waals surface area contributed by atoms with E-state index in [1.54, 1.807) is 0 Å². The number of nitrogens with zero attached hydrogens (tertiary/aromatic N) is 2. The lowest BCUT2D eigenvalue weighted by Gasteiger charge is -2.36. The van der Waals surface area contributed by atoms with Crippen LogP contribution in [0.1, 0.15) is 0 Å². The second kappa shape index (κ2) is 3.71. The van der Waals surface area contributed by atoms with E-state index in [1.807, 2.05) is 11.9 Å². The predicted molar refractivity (Wildman–Crippen MR) is 42.0 cm³/mol. The lowest BCUT2D eigenvalue weighted by atomic mass is 10.2. The zero-order valence-corrected chi connectivity index (χ0v) is 7.03. The highest BCUT2D eigenvalue weighted by molar-refractivity contribution is 5.65. The topological polar surface area (TPSA) is 43.8 Å². The molecule has 0 spiro atoms. The number of amides is 1. The number of piperazine rings is 1. The van der Waals surface area contributed by atoms with Crippen LogP contribution in [0.4, 0.5) is 9.18 Å². The van der Waals surface area contributed by atoms with Crippen LogP contribution in [0.15, 0.2) is 0 Å². The van der Waals surface area contributed by atoms with Crippen molar-refractivity contribution in [1.82, 2.24) is 9.80 Å². The first kappa shape index (κ1) is 9.25. The molecule has 0 aromatic carbocycles. The zero-order valence-electron chi connectivity index (χ0n) is 7.03. The van der Waals surface area contributed by atoms with E-state index >= 15 is 0 Å². The Kier molecular flexibility index (Phi) is 2.86. The molecule has 1 atom stereocenters. The summed E-state index contributed by atoms with van der Waals surface area (Å²) in [6, 6.07) is -0.485. The maximum atomic E-state index is 12.3. The molecule has 1 amide bonds. The van der Waals surface area contributed by atoms with Gasteiger partial charge in [0.15, 0.2) is 0 Å². The van der Waals surface area contributed by atoms with Crippen LogP contribution < -0.4 is 0 Å². The third kappa shape index (κ3) is 1.85. The number of alkyl halides is 1. The molecule has 1 fully saturated rings. The molecule has 0 aromatic heterocycles. The number of hydrogen-bond donors (Lipinski definition) is 1. The van der Waals surface area contributed by atoms with Crippen LogP contribution in [-0.2, 0) is 0 Å². The highest BCUT2D eigenvalue weighted by Gasteiger charge is 2.28. The lowest BCUT2D eigenvalue weighted by Crippen LogP contribution is -2.54. The molecule has 1 heterocycles. The summed E-state index contributed by atoms with van der Waals surface area (Å²) in [6.45, 7) is 0.975. The Bertz CT molecular complexity index is 177. The van der Waals surface area contributed by atoms with E-state index in [-0.39, 0.29) is 0 Å². The SMILES string of the molecule is CN1CCN(C(=O)O)C(CF)C1. The smallest absolute Gasteiger partial charge is 0.407 e. The Labute approximate surface area is 70.6 Å². The number of carboxylic acid groups (broad SMARTS) is 1. The van der Waals surface area contributed by atoms with Crippen LogP contribution in [0, 0.1) is 0 Å². The number of hydrogen-bond acceptors (Lipinski definition) is 2. The third-order valence-corrected chi connectivity index (χ3v) is 2.11. The van der Waals surface area contributed by atoms with Gasteiger partial charge in [-0.05, 0) is 7.05 Å². The molecule has 70 valence electrons. The molecule has 4 nitrogen and oxygen atoms in total. The summed E-state index contributed by atoms with van der Waals surface area (Å²) in [6.07, 6.45) is -1.02. The average molecular weight is 176 g/mol. The molecule has 1 unspecified atom stereocenters. The van der Waals surface area contributed by atoms with Gasteiger partial charge in [0.1, 0.15) is 6.67 Å². The monoisotopic (exact) mass is 176 g/mol. The first-order valence-electron chi connectivity index (χ1n) is 3.89. The molecule has 1 aliphatic rings. The summed E-state index contributed by atoms with van der Waals surface area (Å²) in [5.74, 6) is 0. The molecule has 12 heavy (non-hydrogen) atoms. The van der Waals surface area contributed by atoms with Gasteiger partial charge in [0.05, 0.1) is 6.04 Å². The number of carbonyl (C=O) groups is 1.